The number of hydrogen-bond donors (Lipinski definition) is 0. The van der Waals surface area contributed by atoms with Gasteiger partial charge in [-0.1, -0.05) is 105 Å². The smallest absolute Gasteiger partial charge is 0.138 e. The van der Waals surface area contributed by atoms with Crippen molar-refractivity contribution in [3.05, 3.63) is 120 Å². The molecular weight excluding hydrogens is 522 g/mol. The van der Waals surface area contributed by atoms with Crippen LogP contribution in [0.25, 0.3) is 38.6 Å². The van der Waals surface area contributed by atoms with E-state index in [0.717, 1.165) is 18.1 Å². The number of nitrogens with zero attached hydrogens (tertiary/aromatic N) is 3. The molecule has 5 aromatic rings. The number of anilines is 2. The Kier molecular flexibility index (Phi) is 6.67. The summed E-state index contributed by atoms with van der Waals surface area (Å²) in [6, 6.07) is 37.8. The summed E-state index contributed by atoms with van der Waals surface area (Å²) >= 11 is 0. The number of pyridine rings is 1. The minimum atomic E-state index is 0.309. The molecule has 3 heteroatoms. The Labute approximate surface area is 254 Å². The largest absolute Gasteiger partial charge is 0.293 e. The van der Waals surface area contributed by atoms with Crippen LogP contribution in [0.5, 0.6) is 0 Å². The SMILES string of the molecule is CC1CN=CC2=C1c1cc(-c3ccccc3)cc3cccc(c13)N2c1cc(-c2ccccc2)cc(C2CCCCCC2)n1. The van der Waals surface area contributed by atoms with Gasteiger partial charge in [0.2, 0.25) is 0 Å². The fraction of sp³-hybridized carbons (Fsp3) is 0.250. The van der Waals surface area contributed by atoms with Crippen molar-refractivity contribution in [2.75, 3.05) is 11.4 Å². The number of allylic oxidation sites excluding steroid dienone is 1. The quantitative estimate of drug-likeness (QED) is 0.205. The molecule has 0 radical (unpaired) electrons. The maximum absolute atomic E-state index is 5.52. The van der Waals surface area contributed by atoms with Gasteiger partial charge in [0.25, 0.3) is 0 Å². The van der Waals surface area contributed by atoms with E-state index in [1.54, 1.807) is 0 Å². The molecule has 1 atom stereocenters. The van der Waals surface area contributed by atoms with Gasteiger partial charge in [0.05, 0.1) is 11.4 Å². The van der Waals surface area contributed by atoms with Crippen LogP contribution in [0.3, 0.4) is 0 Å². The maximum Gasteiger partial charge on any atom is 0.138 e. The second-order valence-electron chi connectivity index (χ2n) is 12.5. The number of hydrogen-bond acceptors (Lipinski definition) is 3. The first kappa shape index (κ1) is 26.2. The van der Waals surface area contributed by atoms with E-state index in [9.17, 15) is 0 Å². The van der Waals surface area contributed by atoms with Crippen LogP contribution in [-0.2, 0) is 0 Å². The Bertz CT molecular complexity index is 1860. The van der Waals surface area contributed by atoms with Gasteiger partial charge in [0.15, 0.2) is 0 Å². The molecule has 0 bridgehead atoms. The minimum absolute atomic E-state index is 0.309. The number of dihydropyridines is 1. The molecule has 2 aliphatic heterocycles. The first-order valence-corrected chi connectivity index (χ1v) is 16.0. The molecular formula is C40H37N3. The molecule has 3 heterocycles. The summed E-state index contributed by atoms with van der Waals surface area (Å²) in [5.41, 5.74) is 11.3. The Morgan fingerprint density at radius 1 is 0.674 bits per heavy atom. The molecule has 3 aliphatic rings. The highest BCUT2D eigenvalue weighted by Gasteiger charge is 2.33. The van der Waals surface area contributed by atoms with E-state index in [1.807, 2.05) is 0 Å². The van der Waals surface area contributed by atoms with E-state index in [0.29, 0.717) is 11.8 Å². The monoisotopic (exact) mass is 559 g/mol. The van der Waals surface area contributed by atoms with Crippen LogP contribution in [0.2, 0.25) is 0 Å². The molecule has 1 unspecified atom stereocenters. The summed E-state index contributed by atoms with van der Waals surface area (Å²) in [7, 11) is 0. The fourth-order valence-electron chi connectivity index (χ4n) is 7.51. The third-order valence-electron chi connectivity index (χ3n) is 9.64. The van der Waals surface area contributed by atoms with Gasteiger partial charge in [0.1, 0.15) is 5.82 Å². The number of aromatic nitrogens is 1. The zero-order valence-corrected chi connectivity index (χ0v) is 24.8. The summed E-state index contributed by atoms with van der Waals surface area (Å²) in [6.45, 7) is 3.13. The van der Waals surface area contributed by atoms with Gasteiger partial charge in [-0.05, 0) is 82.0 Å². The molecule has 1 aromatic heterocycles. The first-order chi connectivity index (χ1) is 21.2. The minimum Gasteiger partial charge on any atom is -0.293 e. The molecule has 1 aliphatic carbocycles. The van der Waals surface area contributed by atoms with Crippen molar-refractivity contribution in [3.8, 4) is 22.3 Å². The predicted octanol–water partition coefficient (Wildman–Crippen LogP) is 10.6. The Morgan fingerprint density at radius 3 is 2.09 bits per heavy atom. The average molecular weight is 560 g/mol. The van der Waals surface area contributed by atoms with E-state index in [2.05, 4.69) is 121 Å². The van der Waals surface area contributed by atoms with Gasteiger partial charge in [0, 0.05) is 35.7 Å². The third-order valence-corrected chi connectivity index (χ3v) is 9.64. The third kappa shape index (κ3) is 4.68. The molecule has 43 heavy (non-hydrogen) atoms. The van der Waals surface area contributed by atoms with Crippen molar-refractivity contribution < 1.29 is 0 Å². The predicted molar refractivity (Wildman–Crippen MR) is 181 cm³/mol. The second-order valence-corrected chi connectivity index (χ2v) is 12.5. The van der Waals surface area contributed by atoms with Crippen LogP contribution in [-0.4, -0.2) is 17.7 Å². The first-order valence-electron chi connectivity index (χ1n) is 16.0. The van der Waals surface area contributed by atoms with Crippen molar-refractivity contribution >= 4 is 34.1 Å². The summed E-state index contributed by atoms with van der Waals surface area (Å²) in [4.78, 5) is 12.8. The molecule has 212 valence electrons. The van der Waals surface area contributed by atoms with Crippen molar-refractivity contribution in [2.24, 2.45) is 10.9 Å². The van der Waals surface area contributed by atoms with Gasteiger partial charge in [-0.3, -0.25) is 9.89 Å². The Hall–Kier alpha value is -4.50. The fourth-order valence-corrected chi connectivity index (χ4v) is 7.51. The second kappa shape index (κ2) is 11.0. The highest BCUT2D eigenvalue weighted by atomic mass is 15.2. The highest BCUT2D eigenvalue weighted by molar-refractivity contribution is 6.15. The normalized spacial score (nSPS) is 18.5. The van der Waals surface area contributed by atoms with Crippen LogP contribution < -0.4 is 4.90 Å². The number of aliphatic imine (C=N–C) groups is 1. The molecule has 0 N–H and O–H groups in total. The van der Waals surface area contributed by atoms with E-state index in [1.165, 1.54) is 94.1 Å². The van der Waals surface area contributed by atoms with Crippen molar-refractivity contribution in [1.29, 1.82) is 0 Å². The number of benzene rings is 4. The van der Waals surface area contributed by atoms with E-state index in [-0.39, 0.29) is 0 Å². The van der Waals surface area contributed by atoms with Gasteiger partial charge in [-0.15, -0.1) is 0 Å². The lowest BCUT2D eigenvalue weighted by Gasteiger charge is -2.37. The molecule has 8 rings (SSSR count). The zero-order valence-electron chi connectivity index (χ0n) is 24.8. The van der Waals surface area contributed by atoms with E-state index in [4.69, 9.17) is 9.98 Å². The standard InChI is InChI=1S/C40H37N3/c1-27-25-41-26-37-39(27)34-22-32(28-13-8-4-9-14-28)21-31-19-12-20-36(40(31)34)43(37)38-24-33(29-15-10-5-11-16-29)23-35(42-38)30-17-6-2-3-7-18-30/h4-5,8-16,19-24,26-27,30H,2-3,6-7,17-18,25H2,1H3. The van der Waals surface area contributed by atoms with Gasteiger partial charge < -0.3 is 0 Å². The van der Waals surface area contributed by atoms with Crippen molar-refractivity contribution in [2.45, 2.75) is 51.4 Å². The molecule has 0 spiro atoms. The van der Waals surface area contributed by atoms with Gasteiger partial charge in [-0.25, -0.2) is 4.98 Å². The molecule has 1 fully saturated rings. The molecule has 1 saturated carbocycles. The molecule has 3 nitrogen and oxygen atoms in total. The number of fused-ring (bicyclic) bond motifs is 1. The lowest BCUT2D eigenvalue weighted by atomic mass is 9.82. The lowest BCUT2D eigenvalue weighted by Crippen LogP contribution is -2.28. The van der Waals surface area contributed by atoms with Gasteiger partial charge in [-0.2, -0.15) is 0 Å². The molecule has 0 amide bonds. The van der Waals surface area contributed by atoms with Crippen LogP contribution in [0.4, 0.5) is 11.5 Å². The summed E-state index contributed by atoms with van der Waals surface area (Å²) in [6.07, 6.45) is 9.79. The van der Waals surface area contributed by atoms with Crippen molar-refractivity contribution in [1.82, 2.24) is 4.98 Å². The molecule has 0 saturated heterocycles. The van der Waals surface area contributed by atoms with Gasteiger partial charge >= 0.3 is 0 Å². The topological polar surface area (TPSA) is 28.5 Å². The zero-order chi connectivity index (χ0) is 28.8. The lowest BCUT2D eigenvalue weighted by molar-refractivity contribution is 0.578. The Balaban J connectivity index is 1.37. The van der Waals surface area contributed by atoms with E-state index < -0.39 is 0 Å². The summed E-state index contributed by atoms with van der Waals surface area (Å²) in [5.74, 6) is 1.81. The summed E-state index contributed by atoms with van der Waals surface area (Å²) < 4.78 is 0. The molecule has 4 aromatic carbocycles. The maximum atomic E-state index is 5.52. The summed E-state index contributed by atoms with van der Waals surface area (Å²) in [5, 5.41) is 2.58. The van der Waals surface area contributed by atoms with Crippen LogP contribution in [0.15, 0.2) is 114 Å². The van der Waals surface area contributed by atoms with Crippen molar-refractivity contribution in [3.63, 3.8) is 0 Å². The van der Waals surface area contributed by atoms with Crippen LogP contribution >= 0.6 is 0 Å². The van der Waals surface area contributed by atoms with Crippen LogP contribution in [0, 0.1) is 5.92 Å². The van der Waals surface area contributed by atoms with Crippen LogP contribution in [0.1, 0.15) is 62.6 Å². The Morgan fingerprint density at radius 2 is 1.37 bits per heavy atom. The highest BCUT2D eigenvalue weighted by Crippen LogP contribution is 2.49. The number of rotatable bonds is 4. The average Bonchev–Trinajstić information content (AvgIpc) is 3.35. The van der Waals surface area contributed by atoms with E-state index >= 15 is 0 Å².